The number of para-hydroxylation sites is 1. The molecule has 1 amide bonds. The Morgan fingerprint density at radius 1 is 0.818 bits per heavy atom. The molecule has 4 nitrogen and oxygen atoms in total. The van der Waals surface area contributed by atoms with Crippen molar-refractivity contribution in [2.75, 3.05) is 31.1 Å². The van der Waals surface area contributed by atoms with Crippen LogP contribution in [0.25, 0.3) is 0 Å². The van der Waals surface area contributed by atoms with E-state index in [0.29, 0.717) is 6.54 Å². The molecule has 5 rings (SSSR count). The minimum Gasteiger partial charge on any atom is -0.371 e. The number of benzene rings is 3. The molecule has 0 radical (unpaired) electrons. The van der Waals surface area contributed by atoms with Gasteiger partial charge in [-0.1, -0.05) is 54.6 Å². The topological polar surface area (TPSA) is 35.6 Å². The van der Waals surface area contributed by atoms with Gasteiger partial charge in [0.2, 0.25) is 0 Å². The zero-order chi connectivity index (χ0) is 22.5. The van der Waals surface area contributed by atoms with Crippen LogP contribution in [0.5, 0.6) is 0 Å². The predicted molar refractivity (Wildman–Crippen MR) is 135 cm³/mol. The minimum atomic E-state index is 0.0208. The normalized spacial score (nSPS) is 15.6. The van der Waals surface area contributed by atoms with Crippen molar-refractivity contribution in [2.45, 2.75) is 38.8 Å². The van der Waals surface area contributed by atoms with Crippen LogP contribution in [0.4, 0.5) is 5.69 Å². The highest BCUT2D eigenvalue weighted by Gasteiger charge is 2.17. The van der Waals surface area contributed by atoms with Crippen LogP contribution in [0.2, 0.25) is 0 Å². The fraction of sp³-hybridized carbons (Fsp3) is 0.345. The molecule has 0 aromatic heterocycles. The van der Waals surface area contributed by atoms with Crippen LogP contribution < -0.4 is 10.2 Å². The van der Waals surface area contributed by atoms with E-state index in [2.05, 4.69) is 75.8 Å². The van der Waals surface area contributed by atoms with Gasteiger partial charge in [-0.15, -0.1) is 0 Å². The van der Waals surface area contributed by atoms with E-state index in [1.165, 1.54) is 40.8 Å². The third-order valence-corrected chi connectivity index (χ3v) is 6.93. The van der Waals surface area contributed by atoms with Crippen LogP contribution in [-0.2, 0) is 25.9 Å². The summed E-state index contributed by atoms with van der Waals surface area (Å²) in [6, 6.07) is 25.5. The molecule has 0 aliphatic carbocycles. The molecule has 0 saturated heterocycles. The van der Waals surface area contributed by atoms with Crippen molar-refractivity contribution in [1.29, 1.82) is 0 Å². The van der Waals surface area contributed by atoms with E-state index < -0.39 is 0 Å². The molecule has 0 atom stereocenters. The molecule has 170 valence electrons. The molecule has 2 heterocycles. The maximum atomic E-state index is 12.6. The van der Waals surface area contributed by atoms with E-state index in [-0.39, 0.29) is 5.91 Å². The highest BCUT2D eigenvalue weighted by Crippen LogP contribution is 2.26. The number of hydrogen-bond donors (Lipinski definition) is 1. The molecular weight excluding hydrogens is 406 g/mol. The molecule has 0 unspecified atom stereocenters. The van der Waals surface area contributed by atoms with E-state index in [0.717, 1.165) is 51.1 Å². The quantitative estimate of drug-likeness (QED) is 0.536. The van der Waals surface area contributed by atoms with E-state index in [1.54, 1.807) is 0 Å². The van der Waals surface area contributed by atoms with Crippen molar-refractivity contribution in [2.24, 2.45) is 0 Å². The number of rotatable bonds is 7. The number of nitrogens with zero attached hydrogens (tertiary/aromatic N) is 2. The van der Waals surface area contributed by atoms with Gasteiger partial charge in [0.15, 0.2) is 0 Å². The van der Waals surface area contributed by atoms with Crippen LogP contribution in [0.3, 0.4) is 0 Å². The van der Waals surface area contributed by atoms with Crippen molar-refractivity contribution >= 4 is 11.6 Å². The van der Waals surface area contributed by atoms with Gasteiger partial charge in [0.05, 0.1) is 0 Å². The zero-order valence-corrected chi connectivity index (χ0v) is 19.3. The molecule has 0 fully saturated rings. The Labute approximate surface area is 197 Å². The fourth-order valence-corrected chi connectivity index (χ4v) is 5.13. The maximum absolute atomic E-state index is 12.6. The Bertz CT molecular complexity index is 1090. The maximum Gasteiger partial charge on any atom is 0.251 e. The molecule has 0 bridgehead atoms. The Balaban J connectivity index is 1.08. The van der Waals surface area contributed by atoms with Gasteiger partial charge >= 0.3 is 0 Å². The van der Waals surface area contributed by atoms with Gasteiger partial charge in [-0.3, -0.25) is 9.69 Å². The minimum absolute atomic E-state index is 0.0208. The number of fused-ring (bicyclic) bond motifs is 2. The van der Waals surface area contributed by atoms with E-state index in [1.807, 2.05) is 12.1 Å². The summed E-state index contributed by atoms with van der Waals surface area (Å²) in [5.41, 5.74) is 7.73. The van der Waals surface area contributed by atoms with Gasteiger partial charge in [0, 0.05) is 50.5 Å². The van der Waals surface area contributed by atoms with Crippen LogP contribution in [0, 0.1) is 0 Å². The largest absolute Gasteiger partial charge is 0.371 e. The summed E-state index contributed by atoms with van der Waals surface area (Å²) in [7, 11) is 0. The van der Waals surface area contributed by atoms with Gasteiger partial charge in [0.25, 0.3) is 5.91 Å². The average Bonchev–Trinajstić information content (AvgIpc) is 2.87. The number of hydrogen-bond acceptors (Lipinski definition) is 3. The second kappa shape index (κ2) is 10.2. The molecule has 4 heteroatoms. The second-order valence-corrected chi connectivity index (χ2v) is 9.26. The molecule has 0 saturated carbocycles. The third-order valence-electron chi connectivity index (χ3n) is 6.93. The van der Waals surface area contributed by atoms with Crippen LogP contribution in [-0.4, -0.2) is 37.0 Å². The number of nitrogens with one attached hydrogen (secondary N) is 1. The first-order valence-electron chi connectivity index (χ1n) is 12.3. The molecule has 0 spiro atoms. The Kier molecular flexibility index (Phi) is 6.73. The fourth-order valence-electron chi connectivity index (χ4n) is 5.13. The van der Waals surface area contributed by atoms with Gasteiger partial charge in [-0.2, -0.15) is 0 Å². The standard InChI is InChI=1S/C29H33N3O/c33-29(30-17-6-19-32-18-5-10-25-8-3-4-11-28(25)32)26-14-12-23(13-15-26)21-31-20-16-24-7-1-2-9-27(24)22-31/h1-4,7-9,11-15H,5-6,10,16-22H2,(H,30,33). The number of carbonyl (C=O) groups excluding carboxylic acids is 1. The van der Waals surface area contributed by atoms with Gasteiger partial charge in [-0.25, -0.2) is 0 Å². The molecule has 3 aromatic rings. The van der Waals surface area contributed by atoms with Crippen molar-refractivity contribution in [1.82, 2.24) is 10.2 Å². The Morgan fingerprint density at radius 3 is 2.42 bits per heavy atom. The lowest BCUT2D eigenvalue weighted by atomic mass is 9.99. The molecule has 33 heavy (non-hydrogen) atoms. The first-order valence-corrected chi connectivity index (χ1v) is 12.3. The first kappa shape index (κ1) is 21.7. The molecule has 2 aliphatic rings. The second-order valence-electron chi connectivity index (χ2n) is 9.26. The van der Waals surface area contributed by atoms with Crippen LogP contribution >= 0.6 is 0 Å². The lowest BCUT2D eigenvalue weighted by Crippen LogP contribution is -2.33. The van der Waals surface area contributed by atoms with Crippen molar-refractivity contribution < 1.29 is 4.79 Å². The van der Waals surface area contributed by atoms with Crippen molar-refractivity contribution in [3.05, 3.63) is 101 Å². The molecule has 2 aliphatic heterocycles. The summed E-state index contributed by atoms with van der Waals surface area (Å²) in [4.78, 5) is 17.5. The number of anilines is 1. The Hall–Kier alpha value is -3.11. The van der Waals surface area contributed by atoms with Crippen molar-refractivity contribution in [3.8, 4) is 0 Å². The molecule has 1 N–H and O–H groups in total. The smallest absolute Gasteiger partial charge is 0.251 e. The summed E-state index contributed by atoms with van der Waals surface area (Å²) in [6.45, 7) is 5.80. The SMILES string of the molecule is O=C(NCCCN1CCCc2ccccc21)c1ccc(CN2CCc3ccccc3C2)cc1. The summed E-state index contributed by atoms with van der Waals surface area (Å²) in [5, 5.41) is 3.10. The average molecular weight is 440 g/mol. The summed E-state index contributed by atoms with van der Waals surface area (Å²) >= 11 is 0. The summed E-state index contributed by atoms with van der Waals surface area (Å²) in [5.74, 6) is 0.0208. The summed E-state index contributed by atoms with van der Waals surface area (Å²) in [6.07, 6.45) is 4.44. The van der Waals surface area contributed by atoms with Gasteiger partial charge < -0.3 is 10.2 Å². The first-order chi connectivity index (χ1) is 16.3. The van der Waals surface area contributed by atoms with E-state index in [4.69, 9.17) is 0 Å². The highest BCUT2D eigenvalue weighted by atomic mass is 16.1. The lowest BCUT2D eigenvalue weighted by Gasteiger charge is -2.31. The predicted octanol–water partition coefficient (Wildman–Crippen LogP) is 4.82. The van der Waals surface area contributed by atoms with Crippen LogP contribution in [0.15, 0.2) is 72.8 Å². The van der Waals surface area contributed by atoms with E-state index in [9.17, 15) is 4.79 Å². The van der Waals surface area contributed by atoms with Crippen molar-refractivity contribution in [3.63, 3.8) is 0 Å². The number of aryl methyl sites for hydroxylation is 1. The van der Waals surface area contributed by atoms with Gasteiger partial charge in [-0.05, 0) is 66.1 Å². The van der Waals surface area contributed by atoms with Crippen LogP contribution in [0.1, 0.15) is 45.5 Å². The number of amides is 1. The van der Waals surface area contributed by atoms with E-state index >= 15 is 0 Å². The lowest BCUT2D eigenvalue weighted by molar-refractivity contribution is 0.0953. The third kappa shape index (κ3) is 5.28. The zero-order valence-electron chi connectivity index (χ0n) is 19.3. The highest BCUT2D eigenvalue weighted by molar-refractivity contribution is 5.94. The monoisotopic (exact) mass is 439 g/mol. The molecule has 3 aromatic carbocycles. The van der Waals surface area contributed by atoms with Gasteiger partial charge in [0.1, 0.15) is 0 Å². The Morgan fingerprint density at radius 2 is 1.58 bits per heavy atom. The molecular formula is C29H33N3O. The summed E-state index contributed by atoms with van der Waals surface area (Å²) < 4.78 is 0. The number of carbonyl (C=O) groups is 1.